The fraction of sp³-hybridized carbons (Fsp3) is 0.280. The van der Waals surface area contributed by atoms with Crippen molar-refractivity contribution in [3.8, 4) is 0 Å². The van der Waals surface area contributed by atoms with Crippen molar-refractivity contribution in [2.45, 2.75) is 27.3 Å². The molecule has 0 atom stereocenters. The van der Waals surface area contributed by atoms with Crippen LogP contribution in [-0.4, -0.2) is 45.8 Å². The van der Waals surface area contributed by atoms with E-state index in [0.29, 0.717) is 28.1 Å². The van der Waals surface area contributed by atoms with Gasteiger partial charge in [0.15, 0.2) is 5.78 Å². The smallest absolute Gasteiger partial charge is 0.354 e. The molecule has 0 unspecified atom stereocenters. The molecule has 0 radical (unpaired) electrons. The Balaban J connectivity index is 1.96. The van der Waals surface area contributed by atoms with Crippen LogP contribution in [0.2, 0.25) is 0 Å². The van der Waals surface area contributed by atoms with Gasteiger partial charge in [-0.1, -0.05) is 23.8 Å². The molecular weight excluding hydrogens is 406 g/mol. The van der Waals surface area contributed by atoms with E-state index in [0.717, 1.165) is 11.1 Å². The van der Waals surface area contributed by atoms with E-state index < -0.39 is 5.97 Å². The Morgan fingerprint density at radius 2 is 1.75 bits per heavy atom. The summed E-state index contributed by atoms with van der Waals surface area (Å²) in [5.74, 6) is -0.994. The second kappa shape index (κ2) is 9.60. The van der Waals surface area contributed by atoms with Gasteiger partial charge in [-0.15, -0.1) is 0 Å². The number of pyridine rings is 1. The number of amides is 1. The fourth-order valence-electron chi connectivity index (χ4n) is 3.82. The monoisotopic (exact) mass is 433 g/mol. The molecule has 2 heterocycles. The highest BCUT2D eigenvalue weighted by Crippen LogP contribution is 2.23. The van der Waals surface area contributed by atoms with Crippen molar-refractivity contribution in [3.05, 3.63) is 88.0 Å². The zero-order valence-corrected chi connectivity index (χ0v) is 19.0. The number of rotatable bonds is 7. The zero-order chi connectivity index (χ0) is 23.4. The maximum atomic E-state index is 13.4. The number of ether oxygens (including phenoxy) is 1. The number of hydrogen-bond acceptors (Lipinski definition) is 5. The lowest BCUT2D eigenvalue weighted by Gasteiger charge is -2.22. The first kappa shape index (κ1) is 22.9. The van der Waals surface area contributed by atoms with Gasteiger partial charge in [-0.05, 0) is 50.1 Å². The Morgan fingerprint density at radius 3 is 2.34 bits per heavy atom. The van der Waals surface area contributed by atoms with E-state index in [1.165, 1.54) is 12.0 Å². The van der Waals surface area contributed by atoms with Crippen LogP contribution in [0.25, 0.3) is 0 Å². The average molecular weight is 434 g/mol. The van der Waals surface area contributed by atoms with Crippen molar-refractivity contribution < 1.29 is 19.1 Å². The van der Waals surface area contributed by atoms with Crippen LogP contribution in [0, 0.1) is 20.8 Å². The minimum atomic E-state index is -0.505. The minimum absolute atomic E-state index is 0.131. The molecule has 0 fully saturated rings. The van der Waals surface area contributed by atoms with Gasteiger partial charge >= 0.3 is 5.97 Å². The third kappa shape index (κ3) is 4.61. The zero-order valence-electron chi connectivity index (χ0n) is 19.0. The number of carbonyl (C=O) groups excluding carboxylic acids is 3. The van der Waals surface area contributed by atoms with E-state index in [-0.39, 0.29) is 24.8 Å². The predicted molar refractivity (Wildman–Crippen MR) is 121 cm³/mol. The predicted octanol–water partition coefficient (Wildman–Crippen LogP) is 3.66. The maximum absolute atomic E-state index is 13.4. The largest absolute Gasteiger partial charge is 0.464 e. The van der Waals surface area contributed by atoms with E-state index >= 15 is 0 Å². The molecule has 0 aliphatic carbocycles. The molecule has 3 rings (SSSR count). The van der Waals surface area contributed by atoms with Crippen molar-refractivity contribution >= 4 is 17.7 Å². The van der Waals surface area contributed by atoms with Gasteiger partial charge in [-0.25, -0.2) is 4.79 Å². The molecule has 2 aromatic heterocycles. The first-order chi connectivity index (χ1) is 15.2. The minimum Gasteiger partial charge on any atom is -0.464 e. The Kier molecular flexibility index (Phi) is 6.88. The molecule has 0 N–H and O–H groups in total. The topological polar surface area (TPSA) is 81.5 Å². The number of aryl methyl sites for hydroxylation is 1. The summed E-state index contributed by atoms with van der Waals surface area (Å²) in [6.45, 7) is 5.56. The van der Waals surface area contributed by atoms with Gasteiger partial charge in [-0.3, -0.25) is 14.6 Å². The van der Waals surface area contributed by atoms with E-state index in [1.54, 1.807) is 56.1 Å². The molecule has 7 heteroatoms. The molecule has 0 spiro atoms. The Hall–Kier alpha value is -3.74. The molecule has 0 bridgehead atoms. The van der Waals surface area contributed by atoms with Gasteiger partial charge < -0.3 is 14.2 Å². The quantitative estimate of drug-likeness (QED) is 0.420. The summed E-state index contributed by atoms with van der Waals surface area (Å²) in [4.78, 5) is 44.5. The lowest BCUT2D eigenvalue weighted by Crippen LogP contribution is -2.35. The molecule has 0 saturated heterocycles. The standard InChI is InChI=1S/C25H27N3O4/c1-16-8-10-20(11-9-16)24(30)28(14-19-7-6-12-26-13-19)15-21(29)22-17(2)23(25(31)32-5)27(4)18(22)3/h6-13H,14-15H2,1-5H3. The molecule has 1 aromatic carbocycles. The molecule has 0 saturated carbocycles. The van der Waals surface area contributed by atoms with Crippen LogP contribution < -0.4 is 0 Å². The van der Waals surface area contributed by atoms with Crippen molar-refractivity contribution in [1.82, 2.24) is 14.5 Å². The van der Waals surface area contributed by atoms with Crippen LogP contribution in [0.3, 0.4) is 0 Å². The molecule has 166 valence electrons. The van der Waals surface area contributed by atoms with E-state index in [9.17, 15) is 14.4 Å². The molecule has 3 aromatic rings. The third-order valence-electron chi connectivity index (χ3n) is 5.60. The fourth-order valence-corrected chi connectivity index (χ4v) is 3.82. The van der Waals surface area contributed by atoms with Gasteiger partial charge in [-0.2, -0.15) is 0 Å². The second-order valence-electron chi connectivity index (χ2n) is 7.80. The van der Waals surface area contributed by atoms with Gasteiger partial charge in [0, 0.05) is 42.8 Å². The molecule has 0 aliphatic rings. The summed E-state index contributed by atoms with van der Waals surface area (Å²) in [6, 6.07) is 10.9. The summed E-state index contributed by atoms with van der Waals surface area (Å²) in [5.41, 5.74) is 4.32. The highest BCUT2D eigenvalue weighted by molar-refractivity contribution is 6.06. The van der Waals surface area contributed by atoms with Crippen molar-refractivity contribution in [2.24, 2.45) is 7.05 Å². The van der Waals surface area contributed by atoms with E-state index in [1.807, 2.05) is 25.1 Å². The molecule has 32 heavy (non-hydrogen) atoms. The van der Waals surface area contributed by atoms with Crippen LogP contribution in [-0.2, 0) is 18.3 Å². The van der Waals surface area contributed by atoms with Crippen LogP contribution in [0.5, 0.6) is 0 Å². The number of nitrogens with zero attached hydrogens (tertiary/aromatic N) is 3. The highest BCUT2D eigenvalue weighted by Gasteiger charge is 2.28. The third-order valence-corrected chi connectivity index (χ3v) is 5.60. The average Bonchev–Trinajstić information content (AvgIpc) is 3.01. The van der Waals surface area contributed by atoms with Gasteiger partial charge in [0.2, 0.25) is 0 Å². The van der Waals surface area contributed by atoms with Gasteiger partial charge in [0.1, 0.15) is 5.69 Å². The van der Waals surface area contributed by atoms with Crippen molar-refractivity contribution in [3.63, 3.8) is 0 Å². The summed E-state index contributed by atoms with van der Waals surface area (Å²) in [6.07, 6.45) is 3.33. The van der Waals surface area contributed by atoms with Crippen molar-refractivity contribution in [1.29, 1.82) is 0 Å². The number of ketones is 1. The number of carbonyl (C=O) groups is 3. The molecule has 0 aliphatic heterocycles. The van der Waals surface area contributed by atoms with Crippen LogP contribution in [0.1, 0.15) is 53.6 Å². The first-order valence-corrected chi connectivity index (χ1v) is 10.3. The number of aromatic nitrogens is 2. The lowest BCUT2D eigenvalue weighted by molar-refractivity contribution is 0.0588. The number of benzene rings is 1. The highest BCUT2D eigenvalue weighted by atomic mass is 16.5. The maximum Gasteiger partial charge on any atom is 0.354 e. The molecule has 1 amide bonds. The number of Topliss-reactive ketones (excluding diaryl/α,β-unsaturated/α-hetero) is 1. The van der Waals surface area contributed by atoms with Crippen LogP contribution >= 0.6 is 0 Å². The lowest BCUT2D eigenvalue weighted by atomic mass is 10.0. The first-order valence-electron chi connectivity index (χ1n) is 10.3. The summed E-state index contributed by atoms with van der Waals surface area (Å²) in [5, 5.41) is 0. The Morgan fingerprint density at radius 1 is 1.06 bits per heavy atom. The van der Waals surface area contributed by atoms with Crippen molar-refractivity contribution in [2.75, 3.05) is 13.7 Å². The van der Waals surface area contributed by atoms with Crippen LogP contribution in [0.4, 0.5) is 0 Å². The summed E-state index contributed by atoms with van der Waals surface area (Å²) < 4.78 is 6.52. The number of methoxy groups -OCH3 is 1. The summed E-state index contributed by atoms with van der Waals surface area (Å²) >= 11 is 0. The molecular formula is C25H27N3O4. The Bertz CT molecular complexity index is 1150. The second-order valence-corrected chi connectivity index (χ2v) is 7.80. The van der Waals surface area contributed by atoms with Crippen LogP contribution in [0.15, 0.2) is 48.8 Å². The van der Waals surface area contributed by atoms with Gasteiger partial charge in [0.25, 0.3) is 5.91 Å². The van der Waals surface area contributed by atoms with E-state index in [4.69, 9.17) is 4.74 Å². The SMILES string of the molecule is COC(=O)c1c(C)c(C(=O)CN(Cc2cccnc2)C(=O)c2ccc(C)cc2)c(C)n1C. The number of hydrogen-bond donors (Lipinski definition) is 0. The van der Waals surface area contributed by atoms with Gasteiger partial charge in [0.05, 0.1) is 13.7 Å². The number of esters is 1. The Labute approximate surface area is 187 Å². The summed E-state index contributed by atoms with van der Waals surface area (Å²) in [7, 11) is 3.03. The molecule has 7 nitrogen and oxygen atoms in total. The normalized spacial score (nSPS) is 10.7. The van der Waals surface area contributed by atoms with E-state index in [2.05, 4.69) is 4.98 Å².